The Hall–Kier alpha value is -0.740. The number of hydrogen-bond acceptors (Lipinski definition) is 3. The molecule has 0 unspecified atom stereocenters. The van der Waals surface area contributed by atoms with Crippen molar-refractivity contribution < 1.29 is 4.21 Å². The molecule has 1 aliphatic rings. The maximum atomic E-state index is 11.8. The van der Waals surface area contributed by atoms with Crippen LogP contribution in [-0.2, 0) is 16.6 Å². The highest BCUT2D eigenvalue weighted by Gasteiger charge is 2.17. The van der Waals surface area contributed by atoms with Crippen LogP contribution in [0.4, 0.5) is 0 Å². The third-order valence-corrected chi connectivity index (χ3v) is 4.08. The zero-order chi connectivity index (χ0) is 10.5. The Labute approximate surface area is 92.8 Å². The average molecular weight is 224 g/mol. The lowest BCUT2D eigenvalue weighted by molar-refractivity contribution is 0.632. The summed E-state index contributed by atoms with van der Waals surface area (Å²) in [5.74, 6) is 2.00. The van der Waals surface area contributed by atoms with Crippen LogP contribution in [0.1, 0.15) is 12.1 Å². The van der Waals surface area contributed by atoms with E-state index in [9.17, 15) is 4.21 Å². The van der Waals surface area contributed by atoms with E-state index in [2.05, 4.69) is 10.3 Å². The maximum absolute atomic E-state index is 11.8. The molecule has 1 N–H and O–H groups in total. The van der Waals surface area contributed by atoms with Crippen molar-refractivity contribution in [2.45, 2.75) is 12.2 Å². The predicted molar refractivity (Wildman–Crippen MR) is 61.9 cm³/mol. The number of nitrogens with one attached hydrogen (secondary N) is 1. The van der Waals surface area contributed by atoms with Crippen LogP contribution in [0.15, 0.2) is 24.4 Å². The smallest absolute Gasteiger partial charge is 0.0658 e. The van der Waals surface area contributed by atoms with Gasteiger partial charge >= 0.3 is 0 Å². The van der Waals surface area contributed by atoms with Crippen LogP contribution in [0, 0.1) is 5.92 Å². The number of aromatic nitrogens is 1. The van der Waals surface area contributed by atoms with Crippen molar-refractivity contribution in [2.75, 3.05) is 18.8 Å². The molecule has 0 bridgehead atoms. The third kappa shape index (κ3) is 3.39. The van der Waals surface area contributed by atoms with E-state index in [0.29, 0.717) is 11.7 Å². The molecule has 0 radical (unpaired) electrons. The molecule has 1 aliphatic heterocycles. The van der Waals surface area contributed by atoms with Crippen LogP contribution in [-0.4, -0.2) is 28.0 Å². The van der Waals surface area contributed by atoms with Crippen LogP contribution < -0.4 is 5.32 Å². The standard InChI is InChI=1S/C11H16N2OS/c14-15(8-10-4-6-12-7-10)9-11-3-1-2-5-13-11/h1-3,5,10,12H,4,6-9H2/t10-,15+/m1/s1. The van der Waals surface area contributed by atoms with E-state index in [1.807, 2.05) is 18.2 Å². The van der Waals surface area contributed by atoms with Crippen LogP contribution in [0.3, 0.4) is 0 Å². The lowest BCUT2D eigenvalue weighted by Gasteiger charge is -2.07. The van der Waals surface area contributed by atoms with Crippen molar-refractivity contribution in [1.29, 1.82) is 0 Å². The summed E-state index contributed by atoms with van der Waals surface area (Å²) in [7, 11) is -0.763. The Balaban J connectivity index is 1.82. The number of hydrogen-bond donors (Lipinski definition) is 1. The van der Waals surface area contributed by atoms with Gasteiger partial charge in [-0.2, -0.15) is 0 Å². The van der Waals surface area contributed by atoms with Gasteiger partial charge in [-0.25, -0.2) is 0 Å². The van der Waals surface area contributed by atoms with Gasteiger partial charge < -0.3 is 5.32 Å². The second-order valence-electron chi connectivity index (χ2n) is 3.93. The van der Waals surface area contributed by atoms with E-state index < -0.39 is 10.8 Å². The minimum absolute atomic E-state index is 0.592. The fourth-order valence-corrected chi connectivity index (χ4v) is 3.26. The Bertz CT molecular complexity index is 323. The minimum atomic E-state index is -0.763. The molecule has 0 saturated carbocycles. The van der Waals surface area contributed by atoms with E-state index in [0.717, 1.165) is 31.0 Å². The van der Waals surface area contributed by atoms with Gasteiger partial charge in [-0.05, 0) is 37.6 Å². The van der Waals surface area contributed by atoms with E-state index in [1.165, 1.54) is 0 Å². The molecule has 3 nitrogen and oxygen atoms in total. The predicted octanol–water partition coefficient (Wildman–Crippen LogP) is 0.940. The molecule has 1 aromatic heterocycles. The molecule has 82 valence electrons. The van der Waals surface area contributed by atoms with E-state index in [1.54, 1.807) is 6.20 Å². The molecule has 1 fully saturated rings. The van der Waals surface area contributed by atoms with Crippen LogP contribution in [0.5, 0.6) is 0 Å². The average Bonchev–Trinajstić information content (AvgIpc) is 2.71. The zero-order valence-electron chi connectivity index (χ0n) is 8.69. The minimum Gasteiger partial charge on any atom is -0.316 e. The molecule has 0 amide bonds. The molecular weight excluding hydrogens is 208 g/mol. The molecule has 15 heavy (non-hydrogen) atoms. The SMILES string of the molecule is O=[S@](Cc1ccccn1)C[C@@H]1CCNC1. The summed E-state index contributed by atoms with van der Waals surface area (Å²) in [5, 5.41) is 3.29. The summed E-state index contributed by atoms with van der Waals surface area (Å²) in [5.41, 5.74) is 0.932. The van der Waals surface area contributed by atoms with Gasteiger partial charge in [-0.15, -0.1) is 0 Å². The van der Waals surface area contributed by atoms with E-state index in [4.69, 9.17) is 0 Å². The second kappa shape index (κ2) is 5.37. The largest absolute Gasteiger partial charge is 0.316 e. The summed E-state index contributed by atoms with van der Waals surface area (Å²) in [6.45, 7) is 2.10. The van der Waals surface area contributed by atoms with Crippen molar-refractivity contribution in [2.24, 2.45) is 5.92 Å². The van der Waals surface area contributed by atoms with E-state index in [-0.39, 0.29) is 0 Å². The van der Waals surface area contributed by atoms with Gasteiger partial charge in [0.1, 0.15) is 0 Å². The van der Waals surface area contributed by atoms with Gasteiger partial charge in [0, 0.05) is 22.7 Å². The number of pyridine rings is 1. The molecule has 1 saturated heterocycles. The monoisotopic (exact) mass is 224 g/mol. The van der Waals surface area contributed by atoms with Gasteiger partial charge in [0.05, 0.1) is 11.4 Å². The second-order valence-corrected chi connectivity index (χ2v) is 5.43. The Kier molecular flexibility index (Phi) is 3.86. The van der Waals surface area contributed by atoms with Crippen molar-refractivity contribution in [3.8, 4) is 0 Å². The fourth-order valence-electron chi connectivity index (χ4n) is 1.83. The Morgan fingerprint density at radius 3 is 3.13 bits per heavy atom. The molecule has 1 aromatic rings. The van der Waals surface area contributed by atoms with Gasteiger partial charge in [0.25, 0.3) is 0 Å². The molecule has 0 spiro atoms. The van der Waals surface area contributed by atoms with Gasteiger partial charge in [0.2, 0.25) is 0 Å². The highest BCUT2D eigenvalue weighted by molar-refractivity contribution is 7.84. The third-order valence-electron chi connectivity index (χ3n) is 2.62. The summed E-state index contributed by atoms with van der Waals surface area (Å²) in [6, 6.07) is 5.76. The molecule has 2 rings (SSSR count). The van der Waals surface area contributed by atoms with Crippen LogP contribution in [0.2, 0.25) is 0 Å². The topological polar surface area (TPSA) is 42.0 Å². The first-order valence-electron chi connectivity index (χ1n) is 5.30. The summed E-state index contributed by atoms with van der Waals surface area (Å²) in [6.07, 6.45) is 2.91. The first-order chi connectivity index (χ1) is 7.34. The summed E-state index contributed by atoms with van der Waals surface area (Å²) < 4.78 is 11.8. The number of rotatable bonds is 4. The lowest BCUT2D eigenvalue weighted by atomic mass is 10.2. The summed E-state index contributed by atoms with van der Waals surface area (Å²) in [4.78, 5) is 4.18. The van der Waals surface area contributed by atoms with Gasteiger partial charge in [0.15, 0.2) is 0 Å². The maximum Gasteiger partial charge on any atom is 0.0658 e. The normalized spacial score (nSPS) is 22.8. The molecule has 4 heteroatoms. The van der Waals surface area contributed by atoms with Gasteiger partial charge in [-0.1, -0.05) is 6.07 Å². The number of nitrogens with zero attached hydrogens (tertiary/aromatic N) is 1. The van der Waals surface area contributed by atoms with Crippen LogP contribution >= 0.6 is 0 Å². The first kappa shape index (κ1) is 10.8. The Morgan fingerprint density at radius 2 is 2.47 bits per heavy atom. The summed E-state index contributed by atoms with van der Waals surface area (Å²) >= 11 is 0. The van der Waals surface area contributed by atoms with E-state index >= 15 is 0 Å². The molecule has 0 aromatic carbocycles. The fraction of sp³-hybridized carbons (Fsp3) is 0.545. The zero-order valence-corrected chi connectivity index (χ0v) is 9.50. The molecule has 2 atom stereocenters. The Morgan fingerprint density at radius 1 is 1.53 bits per heavy atom. The van der Waals surface area contributed by atoms with Crippen molar-refractivity contribution >= 4 is 10.8 Å². The molecular formula is C11H16N2OS. The molecule has 0 aliphatic carbocycles. The lowest BCUT2D eigenvalue weighted by Crippen LogP contribution is -2.16. The highest BCUT2D eigenvalue weighted by atomic mass is 32.2. The van der Waals surface area contributed by atoms with Gasteiger partial charge in [-0.3, -0.25) is 9.19 Å². The quantitative estimate of drug-likeness (QED) is 0.827. The van der Waals surface area contributed by atoms with Crippen LogP contribution in [0.25, 0.3) is 0 Å². The molecule has 2 heterocycles. The van der Waals surface area contributed by atoms with Crippen molar-refractivity contribution in [3.63, 3.8) is 0 Å². The van der Waals surface area contributed by atoms with Crippen molar-refractivity contribution in [1.82, 2.24) is 10.3 Å². The highest BCUT2D eigenvalue weighted by Crippen LogP contribution is 2.11. The first-order valence-corrected chi connectivity index (χ1v) is 6.79. The van der Waals surface area contributed by atoms with Crippen molar-refractivity contribution in [3.05, 3.63) is 30.1 Å².